The molecule has 2 heterocycles. The highest BCUT2D eigenvalue weighted by atomic mass is 32.1. The largest absolute Gasteiger partial charge is 0.497 e. The van der Waals surface area contributed by atoms with Crippen molar-refractivity contribution in [2.24, 2.45) is 0 Å². The van der Waals surface area contributed by atoms with Crippen LogP contribution in [-0.4, -0.2) is 37.5 Å². The lowest BCUT2D eigenvalue weighted by Crippen LogP contribution is -2.42. The number of nitrogens with one attached hydrogen (secondary N) is 1. The lowest BCUT2D eigenvalue weighted by Gasteiger charge is -2.31. The zero-order valence-corrected chi connectivity index (χ0v) is 21.9. The first-order valence-corrected chi connectivity index (χ1v) is 13.5. The van der Waals surface area contributed by atoms with Crippen LogP contribution in [0.25, 0.3) is 0 Å². The number of para-hydroxylation sites is 1. The van der Waals surface area contributed by atoms with Gasteiger partial charge in [0.1, 0.15) is 10.8 Å². The van der Waals surface area contributed by atoms with Crippen LogP contribution in [0.3, 0.4) is 0 Å². The Morgan fingerprint density at radius 1 is 0.973 bits per heavy atom. The summed E-state index contributed by atoms with van der Waals surface area (Å²) in [5.74, 6) is -0.476. The Labute approximate surface area is 220 Å². The van der Waals surface area contributed by atoms with E-state index in [4.69, 9.17) is 9.47 Å². The molecule has 8 heteroatoms. The van der Waals surface area contributed by atoms with Crippen molar-refractivity contribution in [1.82, 2.24) is 0 Å². The molecule has 0 saturated heterocycles. The quantitative estimate of drug-likeness (QED) is 0.441. The SMILES string of the molecule is COc1ccc(C(=O)Nc2sc3c(c2C(=O)O[C@@H](C)C(=O)N2CCCc4ccccc42)CCCC3)cc1. The van der Waals surface area contributed by atoms with Gasteiger partial charge in [-0.05, 0) is 86.9 Å². The summed E-state index contributed by atoms with van der Waals surface area (Å²) in [7, 11) is 1.57. The van der Waals surface area contributed by atoms with Crippen LogP contribution in [0.5, 0.6) is 5.75 Å². The molecule has 5 rings (SSSR count). The lowest BCUT2D eigenvalue weighted by atomic mass is 9.95. The van der Waals surface area contributed by atoms with Gasteiger partial charge in [0, 0.05) is 22.7 Å². The van der Waals surface area contributed by atoms with Crippen LogP contribution >= 0.6 is 11.3 Å². The molecule has 3 aromatic rings. The normalized spacial score (nSPS) is 15.2. The maximum atomic E-state index is 13.5. The van der Waals surface area contributed by atoms with E-state index in [2.05, 4.69) is 5.32 Å². The minimum Gasteiger partial charge on any atom is -0.497 e. The molecular weight excluding hydrogens is 488 g/mol. The van der Waals surface area contributed by atoms with Gasteiger partial charge in [-0.15, -0.1) is 11.3 Å². The Bertz CT molecular complexity index is 1330. The molecule has 1 atom stereocenters. The summed E-state index contributed by atoms with van der Waals surface area (Å²) in [6, 6.07) is 14.6. The Balaban J connectivity index is 1.36. The number of anilines is 2. The van der Waals surface area contributed by atoms with Gasteiger partial charge in [-0.25, -0.2) is 4.79 Å². The van der Waals surface area contributed by atoms with E-state index in [-0.39, 0.29) is 11.8 Å². The van der Waals surface area contributed by atoms with Crippen LogP contribution in [0.15, 0.2) is 48.5 Å². The number of ether oxygens (including phenoxy) is 2. The highest BCUT2D eigenvalue weighted by Gasteiger charge is 2.32. The summed E-state index contributed by atoms with van der Waals surface area (Å²) in [5, 5.41) is 3.40. The first-order chi connectivity index (χ1) is 18.0. The molecule has 7 nitrogen and oxygen atoms in total. The van der Waals surface area contributed by atoms with E-state index < -0.39 is 12.1 Å². The molecule has 1 aliphatic carbocycles. The smallest absolute Gasteiger partial charge is 0.342 e. The molecule has 0 saturated carbocycles. The summed E-state index contributed by atoms with van der Waals surface area (Å²) in [6.45, 7) is 2.21. The average molecular weight is 519 g/mol. The molecule has 0 fully saturated rings. The minimum atomic E-state index is -0.956. The van der Waals surface area contributed by atoms with Crippen molar-refractivity contribution < 1.29 is 23.9 Å². The van der Waals surface area contributed by atoms with E-state index in [0.29, 0.717) is 28.4 Å². The second-order valence-electron chi connectivity index (χ2n) is 9.37. The van der Waals surface area contributed by atoms with Gasteiger partial charge in [-0.2, -0.15) is 0 Å². The molecule has 1 N–H and O–H groups in total. The summed E-state index contributed by atoms with van der Waals surface area (Å²) in [6.07, 6.45) is 4.44. The fourth-order valence-corrected chi connectivity index (χ4v) is 6.31. The zero-order valence-electron chi connectivity index (χ0n) is 21.0. The summed E-state index contributed by atoms with van der Waals surface area (Å²) in [4.78, 5) is 42.6. The van der Waals surface area contributed by atoms with Gasteiger partial charge in [-0.3, -0.25) is 9.59 Å². The van der Waals surface area contributed by atoms with E-state index in [1.807, 2.05) is 24.3 Å². The fraction of sp³-hybridized carbons (Fsp3) is 0.345. The number of hydrogen-bond acceptors (Lipinski definition) is 6. The van der Waals surface area contributed by atoms with Gasteiger partial charge in [0.05, 0.1) is 12.7 Å². The van der Waals surface area contributed by atoms with E-state index in [9.17, 15) is 14.4 Å². The third-order valence-corrected chi connectivity index (χ3v) is 8.17. The highest BCUT2D eigenvalue weighted by Crippen LogP contribution is 2.39. The van der Waals surface area contributed by atoms with Gasteiger partial charge < -0.3 is 19.7 Å². The molecule has 0 bridgehead atoms. The maximum Gasteiger partial charge on any atom is 0.342 e. The van der Waals surface area contributed by atoms with Crippen LogP contribution in [0.1, 0.15) is 62.9 Å². The number of hydrogen-bond donors (Lipinski definition) is 1. The number of carbonyl (C=O) groups excluding carboxylic acids is 3. The number of thiophene rings is 1. The van der Waals surface area contributed by atoms with E-state index in [0.717, 1.165) is 60.2 Å². The summed E-state index contributed by atoms with van der Waals surface area (Å²) >= 11 is 1.42. The third kappa shape index (κ3) is 5.11. The summed E-state index contributed by atoms with van der Waals surface area (Å²) < 4.78 is 10.9. The number of methoxy groups -OCH3 is 1. The highest BCUT2D eigenvalue weighted by molar-refractivity contribution is 7.17. The molecule has 192 valence electrons. The fourth-order valence-electron chi connectivity index (χ4n) is 5.04. The molecular formula is C29H30N2O5S. The van der Waals surface area contributed by atoms with Crippen LogP contribution in [0.2, 0.25) is 0 Å². The number of fused-ring (bicyclic) bond motifs is 2. The van der Waals surface area contributed by atoms with Gasteiger partial charge in [0.25, 0.3) is 11.8 Å². The van der Waals surface area contributed by atoms with Gasteiger partial charge in [0.2, 0.25) is 0 Å². The second-order valence-corrected chi connectivity index (χ2v) is 10.5. The maximum absolute atomic E-state index is 13.5. The molecule has 1 aromatic heterocycles. The Morgan fingerprint density at radius 3 is 2.51 bits per heavy atom. The average Bonchev–Trinajstić information content (AvgIpc) is 3.30. The van der Waals surface area contributed by atoms with Crippen LogP contribution in [-0.2, 0) is 28.8 Å². The van der Waals surface area contributed by atoms with Crippen molar-refractivity contribution >= 4 is 39.8 Å². The Hall–Kier alpha value is -3.65. The number of esters is 1. The molecule has 0 spiro atoms. The van der Waals surface area contributed by atoms with Crippen molar-refractivity contribution in [3.63, 3.8) is 0 Å². The molecule has 2 amide bonds. The van der Waals surface area contributed by atoms with Crippen LogP contribution in [0, 0.1) is 0 Å². The second kappa shape index (κ2) is 10.8. The number of nitrogens with zero attached hydrogens (tertiary/aromatic N) is 1. The number of carbonyl (C=O) groups is 3. The number of benzene rings is 2. The molecule has 1 aliphatic heterocycles. The first kappa shape index (κ1) is 25.0. The zero-order chi connectivity index (χ0) is 25.9. The monoisotopic (exact) mass is 518 g/mol. The first-order valence-electron chi connectivity index (χ1n) is 12.7. The van der Waals surface area contributed by atoms with Gasteiger partial charge in [0.15, 0.2) is 6.10 Å². The van der Waals surface area contributed by atoms with E-state index in [1.54, 1.807) is 43.2 Å². The topological polar surface area (TPSA) is 84.9 Å². The Kier molecular flexibility index (Phi) is 7.28. The third-order valence-electron chi connectivity index (χ3n) is 6.96. The molecule has 0 unspecified atom stereocenters. The van der Waals surface area contributed by atoms with E-state index >= 15 is 0 Å². The lowest BCUT2D eigenvalue weighted by molar-refractivity contribution is -0.126. The van der Waals surface area contributed by atoms with Crippen molar-refractivity contribution in [3.8, 4) is 5.75 Å². The van der Waals surface area contributed by atoms with Crippen molar-refractivity contribution in [2.75, 3.05) is 23.9 Å². The van der Waals surface area contributed by atoms with Crippen molar-refractivity contribution in [3.05, 3.63) is 75.7 Å². The standard InChI is InChI=1S/C29H30N2O5S/c1-18(28(33)31-17-7-9-19-8-3-5-11-23(19)31)36-29(34)25-22-10-4-6-12-24(22)37-27(25)30-26(32)20-13-15-21(35-2)16-14-20/h3,5,8,11,13-16,18H,4,6-7,9-10,12,17H2,1-2H3,(H,30,32)/t18-/m0/s1. The van der Waals surface area contributed by atoms with E-state index in [1.165, 1.54) is 11.3 Å². The minimum absolute atomic E-state index is 0.242. The Morgan fingerprint density at radius 2 is 1.73 bits per heavy atom. The number of amides is 2. The number of aryl methyl sites for hydroxylation is 2. The molecule has 0 radical (unpaired) electrons. The van der Waals surface area contributed by atoms with Crippen LogP contribution < -0.4 is 15.0 Å². The molecule has 2 aliphatic rings. The predicted molar refractivity (Wildman–Crippen MR) is 144 cm³/mol. The number of rotatable bonds is 6. The molecule has 37 heavy (non-hydrogen) atoms. The molecule has 2 aromatic carbocycles. The summed E-state index contributed by atoms with van der Waals surface area (Å²) in [5.41, 5.74) is 3.76. The van der Waals surface area contributed by atoms with Crippen molar-refractivity contribution in [2.45, 2.75) is 51.6 Å². The van der Waals surface area contributed by atoms with Gasteiger partial charge in [-0.1, -0.05) is 18.2 Å². The van der Waals surface area contributed by atoms with Crippen LogP contribution in [0.4, 0.5) is 10.7 Å². The van der Waals surface area contributed by atoms with Crippen molar-refractivity contribution in [1.29, 1.82) is 0 Å². The van der Waals surface area contributed by atoms with Gasteiger partial charge >= 0.3 is 5.97 Å². The predicted octanol–water partition coefficient (Wildman–Crippen LogP) is 5.41.